The monoisotopic (exact) mass is 172 g/mol. The van der Waals surface area contributed by atoms with E-state index in [4.69, 9.17) is 5.73 Å². The smallest absolute Gasteiger partial charge is 0.236 e. The molecule has 12 heavy (non-hydrogen) atoms. The normalized spacial score (nSPS) is 10.9. The van der Waals surface area contributed by atoms with Crippen LogP contribution in [-0.2, 0) is 4.79 Å². The summed E-state index contributed by atoms with van der Waals surface area (Å²) in [6, 6.07) is 0.253. The van der Waals surface area contributed by atoms with Gasteiger partial charge in [-0.25, -0.2) is 0 Å². The maximum Gasteiger partial charge on any atom is 0.236 e. The van der Waals surface area contributed by atoms with Crippen LogP contribution >= 0.6 is 0 Å². The number of rotatable bonds is 4. The van der Waals surface area contributed by atoms with Crippen molar-refractivity contribution < 1.29 is 4.79 Å². The van der Waals surface area contributed by atoms with E-state index in [1.807, 2.05) is 18.7 Å². The van der Waals surface area contributed by atoms with Crippen molar-refractivity contribution in [3.63, 3.8) is 0 Å². The lowest BCUT2D eigenvalue weighted by atomic mass is 10.2. The zero-order valence-electron chi connectivity index (χ0n) is 8.50. The molecular weight excluding hydrogens is 152 g/mol. The quantitative estimate of drug-likeness (QED) is 0.683. The van der Waals surface area contributed by atoms with Crippen molar-refractivity contribution >= 4 is 5.91 Å². The molecule has 0 aromatic carbocycles. The van der Waals surface area contributed by atoms with Gasteiger partial charge in [0.15, 0.2) is 0 Å². The average molecular weight is 172 g/mol. The number of hydrogen-bond acceptors (Lipinski definition) is 2. The van der Waals surface area contributed by atoms with E-state index < -0.39 is 0 Å². The van der Waals surface area contributed by atoms with E-state index in [9.17, 15) is 4.79 Å². The maximum atomic E-state index is 11.3. The summed E-state index contributed by atoms with van der Waals surface area (Å²) in [4.78, 5) is 13.1. The molecule has 0 aliphatic rings. The Kier molecular flexibility index (Phi) is 4.90. The van der Waals surface area contributed by atoms with Gasteiger partial charge in [-0.3, -0.25) is 4.79 Å². The standard InChI is InChI=1S/C9H20N2O/c1-7(2)6-11(8(3)4)9(12)5-10/h7-8H,5-6,10H2,1-4H3. The number of nitrogens with two attached hydrogens (primary N) is 1. The molecule has 0 heterocycles. The molecule has 0 saturated heterocycles. The first-order chi connectivity index (χ1) is 5.49. The first kappa shape index (κ1) is 11.4. The molecule has 0 spiro atoms. The van der Waals surface area contributed by atoms with Gasteiger partial charge in [-0.15, -0.1) is 0 Å². The Morgan fingerprint density at radius 2 is 1.83 bits per heavy atom. The third-order valence-corrected chi connectivity index (χ3v) is 1.68. The Labute approximate surface area is 74.9 Å². The molecule has 0 aromatic heterocycles. The first-order valence-electron chi connectivity index (χ1n) is 4.48. The van der Waals surface area contributed by atoms with Gasteiger partial charge in [-0.1, -0.05) is 13.8 Å². The van der Waals surface area contributed by atoms with Crippen molar-refractivity contribution in [3.8, 4) is 0 Å². The van der Waals surface area contributed by atoms with Crippen LogP contribution in [0.3, 0.4) is 0 Å². The molecule has 0 bridgehead atoms. The molecule has 0 fully saturated rings. The first-order valence-corrected chi connectivity index (χ1v) is 4.48. The predicted octanol–water partition coefficient (Wildman–Crippen LogP) is 0.838. The molecule has 0 rings (SSSR count). The molecule has 0 radical (unpaired) electrons. The minimum absolute atomic E-state index is 0.0405. The van der Waals surface area contributed by atoms with Gasteiger partial charge in [0.2, 0.25) is 5.91 Å². The summed E-state index contributed by atoms with van der Waals surface area (Å²) in [6.07, 6.45) is 0. The van der Waals surface area contributed by atoms with E-state index in [1.54, 1.807) is 0 Å². The highest BCUT2D eigenvalue weighted by Crippen LogP contribution is 2.03. The average Bonchev–Trinajstić information content (AvgIpc) is 1.98. The van der Waals surface area contributed by atoms with Crippen molar-refractivity contribution in [3.05, 3.63) is 0 Å². The molecule has 3 heteroatoms. The van der Waals surface area contributed by atoms with Crippen molar-refractivity contribution in [2.75, 3.05) is 13.1 Å². The summed E-state index contributed by atoms with van der Waals surface area (Å²) in [6.45, 7) is 9.13. The van der Waals surface area contributed by atoms with Gasteiger partial charge in [-0.2, -0.15) is 0 Å². The molecule has 2 N–H and O–H groups in total. The van der Waals surface area contributed by atoms with Gasteiger partial charge in [0.05, 0.1) is 6.54 Å². The highest BCUT2D eigenvalue weighted by Gasteiger charge is 2.15. The lowest BCUT2D eigenvalue weighted by molar-refractivity contribution is -0.131. The number of amides is 1. The maximum absolute atomic E-state index is 11.3. The van der Waals surface area contributed by atoms with Crippen LogP contribution in [-0.4, -0.2) is 29.9 Å². The molecule has 1 amide bonds. The number of nitrogens with zero attached hydrogens (tertiary/aromatic N) is 1. The lowest BCUT2D eigenvalue weighted by Crippen LogP contribution is -2.42. The Bertz CT molecular complexity index is 143. The number of carbonyl (C=O) groups is 1. The topological polar surface area (TPSA) is 46.3 Å². The van der Waals surface area contributed by atoms with Crippen LogP contribution in [0.2, 0.25) is 0 Å². The van der Waals surface area contributed by atoms with Crippen molar-refractivity contribution in [2.45, 2.75) is 33.7 Å². The molecular formula is C9H20N2O. The highest BCUT2D eigenvalue weighted by atomic mass is 16.2. The number of hydrogen-bond donors (Lipinski definition) is 1. The third kappa shape index (κ3) is 3.72. The number of carbonyl (C=O) groups excluding carboxylic acids is 1. The van der Waals surface area contributed by atoms with Crippen LogP contribution in [0.1, 0.15) is 27.7 Å². The SMILES string of the molecule is CC(C)CN(C(=O)CN)C(C)C. The van der Waals surface area contributed by atoms with Crippen LogP contribution in [0.15, 0.2) is 0 Å². The zero-order chi connectivity index (χ0) is 9.72. The van der Waals surface area contributed by atoms with Crippen LogP contribution in [0.5, 0.6) is 0 Å². The van der Waals surface area contributed by atoms with Crippen LogP contribution < -0.4 is 5.73 Å². The van der Waals surface area contributed by atoms with Crippen molar-refractivity contribution in [1.29, 1.82) is 0 Å². The van der Waals surface area contributed by atoms with E-state index in [-0.39, 0.29) is 18.5 Å². The fourth-order valence-electron chi connectivity index (χ4n) is 1.11. The molecule has 0 aromatic rings. The van der Waals surface area contributed by atoms with E-state index >= 15 is 0 Å². The lowest BCUT2D eigenvalue weighted by Gasteiger charge is -2.27. The zero-order valence-corrected chi connectivity index (χ0v) is 8.50. The fourth-order valence-corrected chi connectivity index (χ4v) is 1.11. The third-order valence-electron chi connectivity index (χ3n) is 1.68. The highest BCUT2D eigenvalue weighted by molar-refractivity contribution is 5.78. The van der Waals surface area contributed by atoms with Crippen LogP contribution in [0.4, 0.5) is 0 Å². The summed E-state index contributed by atoms with van der Waals surface area (Å²) in [5.74, 6) is 0.543. The summed E-state index contributed by atoms with van der Waals surface area (Å²) >= 11 is 0. The Balaban J connectivity index is 4.13. The van der Waals surface area contributed by atoms with E-state index in [0.29, 0.717) is 5.92 Å². The van der Waals surface area contributed by atoms with Crippen LogP contribution in [0.25, 0.3) is 0 Å². The van der Waals surface area contributed by atoms with Crippen molar-refractivity contribution in [2.24, 2.45) is 11.7 Å². The minimum atomic E-state index is 0.0405. The van der Waals surface area contributed by atoms with Gasteiger partial charge in [0.1, 0.15) is 0 Å². The van der Waals surface area contributed by atoms with Gasteiger partial charge in [0, 0.05) is 12.6 Å². The van der Waals surface area contributed by atoms with E-state index in [0.717, 1.165) is 6.54 Å². The molecule has 0 unspecified atom stereocenters. The second kappa shape index (κ2) is 5.14. The molecule has 0 aliphatic heterocycles. The second-order valence-electron chi connectivity index (χ2n) is 3.74. The fraction of sp³-hybridized carbons (Fsp3) is 0.889. The Morgan fingerprint density at radius 1 is 1.33 bits per heavy atom. The van der Waals surface area contributed by atoms with E-state index in [1.165, 1.54) is 0 Å². The Hall–Kier alpha value is -0.570. The van der Waals surface area contributed by atoms with Crippen molar-refractivity contribution in [1.82, 2.24) is 4.90 Å². The summed E-state index contributed by atoms with van der Waals surface area (Å²) in [7, 11) is 0. The minimum Gasteiger partial charge on any atom is -0.339 e. The van der Waals surface area contributed by atoms with Gasteiger partial charge in [-0.05, 0) is 19.8 Å². The van der Waals surface area contributed by atoms with Gasteiger partial charge >= 0.3 is 0 Å². The van der Waals surface area contributed by atoms with Crippen LogP contribution in [0, 0.1) is 5.92 Å². The summed E-state index contributed by atoms with van der Waals surface area (Å²) in [5.41, 5.74) is 5.30. The summed E-state index contributed by atoms with van der Waals surface area (Å²) in [5, 5.41) is 0. The second-order valence-corrected chi connectivity index (χ2v) is 3.74. The largest absolute Gasteiger partial charge is 0.339 e. The molecule has 0 atom stereocenters. The Morgan fingerprint density at radius 3 is 2.08 bits per heavy atom. The predicted molar refractivity (Wildman–Crippen MR) is 50.7 cm³/mol. The molecule has 72 valence electrons. The summed E-state index contributed by atoms with van der Waals surface area (Å²) < 4.78 is 0. The molecule has 0 aliphatic carbocycles. The van der Waals surface area contributed by atoms with Gasteiger partial charge < -0.3 is 10.6 Å². The molecule has 3 nitrogen and oxygen atoms in total. The van der Waals surface area contributed by atoms with E-state index in [2.05, 4.69) is 13.8 Å². The van der Waals surface area contributed by atoms with Gasteiger partial charge in [0.25, 0.3) is 0 Å². The molecule has 0 saturated carbocycles.